The van der Waals surface area contributed by atoms with Gasteiger partial charge in [-0.25, -0.2) is 0 Å². The molecule has 0 aliphatic carbocycles. The zero-order chi connectivity index (χ0) is 11.5. The highest BCUT2D eigenvalue weighted by molar-refractivity contribution is 9.09. The number of hydrogen-bond donors (Lipinski definition) is 0. The van der Waals surface area contributed by atoms with Crippen molar-refractivity contribution in [2.45, 2.75) is 15.7 Å². The zero-order valence-electron chi connectivity index (χ0n) is 7.57. The quantitative estimate of drug-likeness (QED) is 0.370. The predicted octanol–water partition coefficient (Wildman–Crippen LogP) is 3.40. The van der Waals surface area contributed by atoms with Crippen LogP contribution in [0.1, 0.15) is 5.56 Å². The lowest BCUT2D eigenvalue weighted by Crippen LogP contribution is -2.34. The number of benzene rings is 1. The second kappa shape index (κ2) is 5.14. The Bertz CT molecular complexity index is 345. The van der Waals surface area contributed by atoms with Crippen molar-refractivity contribution in [3.05, 3.63) is 46.0 Å². The van der Waals surface area contributed by atoms with E-state index in [-0.39, 0.29) is 6.42 Å². The summed E-state index contributed by atoms with van der Waals surface area (Å²) in [5.41, 5.74) is 0.855. The highest BCUT2D eigenvalue weighted by Gasteiger charge is 2.42. The van der Waals surface area contributed by atoms with Gasteiger partial charge in [-0.15, -0.1) is 0 Å². The molecular weight excluding hydrogens is 305 g/mol. The van der Waals surface area contributed by atoms with Gasteiger partial charge in [-0.2, -0.15) is 0 Å². The lowest BCUT2D eigenvalue weighted by molar-refractivity contribution is -0.494. The fourth-order valence-electron chi connectivity index (χ4n) is 1.11. The van der Waals surface area contributed by atoms with E-state index in [1.807, 2.05) is 30.3 Å². The molecule has 0 aliphatic rings. The molecule has 82 valence electrons. The van der Waals surface area contributed by atoms with Gasteiger partial charge in [0, 0.05) is 11.3 Å². The van der Waals surface area contributed by atoms with Gasteiger partial charge >= 0.3 is 0 Å². The minimum atomic E-state index is -1.45. The summed E-state index contributed by atoms with van der Waals surface area (Å²) < 4.78 is -1.45. The largest absolute Gasteiger partial charge is 0.298 e. The van der Waals surface area contributed by atoms with Crippen LogP contribution in [0.25, 0.3) is 0 Å². The molecule has 0 radical (unpaired) electrons. The minimum absolute atomic E-state index is 0.216. The van der Waals surface area contributed by atoms with Crippen molar-refractivity contribution in [1.29, 1.82) is 0 Å². The van der Waals surface area contributed by atoms with Gasteiger partial charge in [0.05, 0.1) is 0 Å². The predicted molar refractivity (Wildman–Crippen MR) is 64.3 cm³/mol. The minimum Gasteiger partial charge on any atom is -0.263 e. The van der Waals surface area contributed by atoms with Crippen molar-refractivity contribution < 1.29 is 4.92 Å². The van der Waals surface area contributed by atoms with E-state index in [9.17, 15) is 10.1 Å². The lowest BCUT2D eigenvalue weighted by Gasteiger charge is -2.19. The van der Waals surface area contributed by atoms with Crippen LogP contribution in [0, 0.1) is 10.1 Å². The molecule has 0 heterocycles. The Balaban J connectivity index is 2.76. The van der Waals surface area contributed by atoms with Gasteiger partial charge in [-0.3, -0.25) is 10.1 Å². The summed E-state index contributed by atoms with van der Waals surface area (Å²) in [6, 6.07) is 9.15. The number of halogens is 3. The molecule has 1 aromatic carbocycles. The van der Waals surface area contributed by atoms with E-state index in [4.69, 9.17) is 23.2 Å². The summed E-state index contributed by atoms with van der Waals surface area (Å²) in [7, 11) is 0. The maximum absolute atomic E-state index is 10.5. The van der Waals surface area contributed by atoms with Crippen LogP contribution in [0.4, 0.5) is 0 Å². The number of rotatable bonds is 4. The van der Waals surface area contributed by atoms with Crippen molar-refractivity contribution in [1.82, 2.24) is 0 Å². The molecule has 1 rings (SSSR count). The Morgan fingerprint density at radius 2 is 1.93 bits per heavy atom. The van der Waals surface area contributed by atoms with E-state index in [0.717, 1.165) is 5.56 Å². The highest BCUT2D eigenvalue weighted by atomic mass is 79.9. The molecule has 0 aliphatic heterocycles. The molecular formula is C9H8BrCl2NO2. The van der Waals surface area contributed by atoms with Gasteiger partial charge in [0.1, 0.15) is 0 Å². The van der Waals surface area contributed by atoms with Gasteiger partial charge < -0.3 is 0 Å². The summed E-state index contributed by atoms with van der Waals surface area (Å²) >= 11 is 14.6. The second-order valence-electron chi connectivity index (χ2n) is 3.04. The van der Waals surface area contributed by atoms with Crippen LogP contribution in [0.5, 0.6) is 0 Å². The Hall–Kier alpha value is -0.320. The Kier molecular flexibility index (Phi) is 4.37. The number of nitrogens with zero attached hydrogens (tertiary/aromatic N) is 1. The summed E-state index contributed by atoms with van der Waals surface area (Å²) in [4.78, 5) is 8.79. The average Bonchev–Trinajstić information content (AvgIpc) is 2.17. The van der Waals surface area contributed by atoms with Gasteiger partial charge in [0.2, 0.25) is 0 Å². The highest BCUT2D eigenvalue weighted by Crippen LogP contribution is 2.34. The van der Waals surface area contributed by atoms with Crippen LogP contribution in [0.2, 0.25) is 0 Å². The van der Waals surface area contributed by atoms with Gasteiger partial charge in [0.15, 0.2) is 4.33 Å². The third kappa shape index (κ3) is 3.63. The summed E-state index contributed by atoms with van der Waals surface area (Å²) in [5, 5.41) is 10.5. The number of nitro groups is 1. The molecule has 1 unspecified atom stereocenters. The first-order valence-electron chi connectivity index (χ1n) is 4.13. The van der Waals surface area contributed by atoms with Crippen LogP contribution in [-0.2, 0) is 6.42 Å². The first-order chi connectivity index (χ1) is 6.93. The van der Waals surface area contributed by atoms with Crippen molar-refractivity contribution in [3.63, 3.8) is 0 Å². The van der Waals surface area contributed by atoms with Crippen molar-refractivity contribution >= 4 is 39.1 Å². The van der Waals surface area contributed by atoms with Crippen LogP contribution in [-0.4, -0.2) is 14.2 Å². The van der Waals surface area contributed by atoms with Crippen LogP contribution in [0.15, 0.2) is 30.3 Å². The molecule has 0 N–H and O–H groups in total. The third-order valence-corrected chi connectivity index (χ3v) is 4.14. The lowest BCUT2D eigenvalue weighted by atomic mass is 10.1. The maximum Gasteiger partial charge on any atom is 0.298 e. The summed E-state index contributed by atoms with van der Waals surface area (Å²) in [5.74, 6) is 0. The summed E-state index contributed by atoms with van der Waals surface area (Å²) in [6.07, 6.45) is 0.216. The average molecular weight is 313 g/mol. The Labute approximate surface area is 106 Å². The van der Waals surface area contributed by atoms with Crippen molar-refractivity contribution in [3.8, 4) is 0 Å². The van der Waals surface area contributed by atoms with E-state index in [0.29, 0.717) is 0 Å². The van der Waals surface area contributed by atoms with Crippen molar-refractivity contribution in [2.24, 2.45) is 0 Å². The molecule has 0 amide bonds. The number of hydrogen-bond acceptors (Lipinski definition) is 2. The van der Waals surface area contributed by atoms with E-state index >= 15 is 0 Å². The van der Waals surface area contributed by atoms with Gasteiger partial charge in [-0.1, -0.05) is 53.5 Å². The topological polar surface area (TPSA) is 43.1 Å². The molecule has 3 nitrogen and oxygen atoms in total. The zero-order valence-corrected chi connectivity index (χ0v) is 10.7. The molecule has 1 atom stereocenters. The van der Waals surface area contributed by atoms with Crippen LogP contribution in [0.3, 0.4) is 0 Å². The first-order valence-corrected chi connectivity index (χ1v) is 5.80. The Morgan fingerprint density at radius 1 is 1.40 bits per heavy atom. The molecule has 0 saturated heterocycles. The summed E-state index contributed by atoms with van der Waals surface area (Å²) in [6.45, 7) is 0. The van der Waals surface area contributed by atoms with E-state index in [2.05, 4.69) is 15.9 Å². The van der Waals surface area contributed by atoms with Gasteiger partial charge in [0.25, 0.3) is 4.95 Å². The molecule has 15 heavy (non-hydrogen) atoms. The molecule has 0 fully saturated rings. The fourth-order valence-corrected chi connectivity index (χ4v) is 1.74. The molecule has 0 saturated carbocycles. The molecule has 6 heteroatoms. The van der Waals surface area contributed by atoms with E-state index in [1.54, 1.807) is 0 Å². The fraction of sp³-hybridized carbons (Fsp3) is 0.333. The van der Waals surface area contributed by atoms with Crippen LogP contribution < -0.4 is 0 Å². The molecule has 1 aromatic rings. The SMILES string of the molecule is O=[N+]([O-])C(Br)C(Cl)(Cl)Cc1ccccc1. The van der Waals surface area contributed by atoms with Crippen LogP contribution >= 0.6 is 39.1 Å². The third-order valence-electron chi connectivity index (χ3n) is 1.82. The Morgan fingerprint density at radius 3 is 2.40 bits per heavy atom. The molecule has 0 spiro atoms. The standard InChI is InChI=1S/C9H8BrCl2NO2/c10-8(13(14)15)9(11,12)6-7-4-2-1-3-5-7/h1-5,8H,6H2. The monoisotopic (exact) mass is 311 g/mol. The normalized spacial score (nSPS) is 13.5. The first kappa shape index (κ1) is 12.7. The second-order valence-corrected chi connectivity index (χ2v) is 5.45. The van der Waals surface area contributed by atoms with E-state index in [1.165, 1.54) is 0 Å². The molecule has 0 aromatic heterocycles. The van der Waals surface area contributed by atoms with Crippen molar-refractivity contribution in [2.75, 3.05) is 0 Å². The van der Waals surface area contributed by atoms with E-state index < -0.39 is 14.2 Å². The number of alkyl halides is 3. The smallest absolute Gasteiger partial charge is 0.263 e. The van der Waals surface area contributed by atoms with Gasteiger partial charge in [-0.05, 0) is 21.5 Å². The maximum atomic E-state index is 10.5. The molecule has 0 bridgehead atoms.